The van der Waals surface area contributed by atoms with Crippen LogP contribution in [0.4, 0.5) is 0 Å². The van der Waals surface area contributed by atoms with Gasteiger partial charge in [-0.3, -0.25) is 9.59 Å². The minimum Gasteiger partial charge on any atom is -0.508 e. The summed E-state index contributed by atoms with van der Waals surface area (Å²) in [4.78, 5) is 41.6. The molecule has 7 nitrogen and oxygen atoms in total. The summed E-state index contributed by atoms with van der Waals surface area (Å²) in [7, 11) is 0. The van der Waals surface area contributed by atoms with Crippen LogP contribution in [0.3, 0.4) is 0 Å². The third-order valence-corrected chi connectivity index (χ3v) is 8.51. The highest BCUT2D eigenvalue weighted by Crippen LogP contribution is 2.62. The predicted molar refractivity (Wildman–Crippen MR) is 132 cm³/mol. The third-order valence-electron chi connectivity index (χ3n) is 8.51. The van der Waals surface area contributed by atoms with Gasteiger partial charge in [0.1, 0.15) is 33.8 Å². The fraction of sp³-hybridized carbons (Fsp3) is 0.345. The third kappa shape index (κ3) is 2.66. The van der Waals surface area contributed by atoms with E-state index in [1.807, 2.05) is 12.2 Å². The van der Waals surface area contributed by atoms with Crippen LogP contribution >= 0.6 is 0 Å². The van der Waals surface area contributed by atoms with Gasteiger partial charge in [0.2, 0.25) is 0 Å². The SMILES string of the molecule is Cc1cc(O)c2c3c1OC(=O)[C@]1(C(=O)c4cc5c(C)c(O)cc(C)c5oc4=O)[C@@H](C)C=C[C@@H](CC2)[C@H]31. The molecule has 0 saturated heterocycles. The monoisotopic (exact) mass is 486 g/mol. The molecule has 6 rings (SSSR count). The second kappa shape index (κ2) is 7.32. The van der Waals surface area contributed by atoms with E-state index < -0.39 is 34.6 Å². The van der Waals surface area contributed by atoms with Crippen molar-refractivity contribution in [1.82, 2.24) is 0 Å². The van der Waals surface area contributed by atoms with E-state index in [4.69, 9.17) is 9.15 Å². The number of ether oxygens (including phenoxy) is 1. The number of hydrogen-bond donors (Lipinski definition) is 2. The molecule has 0 bridgehead atoms. The second-order valence-corrected chi connectivity index (χ2v) is 10.4. The number of aromatic hydroxyl groups is 2. The van der Waals surface area contributed by atoms with Crippen molar-refractivity contribution in [1.29, 1.82) is 0 Å². The second-order valence-electron chi connectivity index (χ2n) is 10.4. The molecule has 4 atom stereocenters. The number of aryl methyl sites for hydroxylation is 3. The van der Waals surface area contributed by atoms with Gasteiger partial charge < -0.3 is 19.4 Å². The number of fused-ring (bicyclic) bond motifs is 1. The number of rotatable bonds is 2. The lowest BCUT2D eigenvalue weighted by Crippen LogP contribution is -2.58. The Balaban J connectivity index is 1.65. The predicted octanol–water partition coefficient (Wildman–Crippen LogP) is 4.77. The number of carbonyl (C=O) groups excluding carboxylic acids is 2. The summed E-state index contributed by atoms with van der Waals surface area (Å²) in [6, 6.07) is 4.53. The van der Waals surface area contributed by atoms with Crippen LogP contribution < -0.4 is 10.4 Å². The van der Waals surface area contributed by atoms with Crippen LogP contribution in [0, 0.1) is 38.0 Å². The van der Waals surface area contributed by atoms with E-state index in [1.165, 1.54) is 12.1 Å². The molecule has 0 radical (unpaired) electrons. The molecule has 2 aliphatic carbocycles. The zero-order valence-electron chi connectivity index (χ0n) is 20.5. The summed E-state index contributed by atoms with van der Waals surface area (Å²) in [6.45, 7) is 6.93. The lowest BCUT2D eigenvalue weighted by Gasteiger charge is -2.51. The molecule has 2 aromatic carbocycles. The number of allylic oxidation sites excluding steroid dienone is 2. The Kier molecular flexibility index (Phi) is 4.59. The smallest absolute Gasteiger partial charge is 0.347 e. The van der Waals surface area contributed by atoms with Crippen LogP contribution in [0.15, 0.2) is 39.6 Å². The fourth-order valence-electron chi connectivity index (χ4n) is 6.65. The summed E-state index contributed by atoms with van der Waals surface area (Å²) in [6.07, 6.45) is 5.14. The Morgan fingerprint density at radius 3 is 2.50 bits per heavy atom. The van der Waals surface area contributed by atoms with Crippen molar-refractivity contribution in [3.8, 4) is 17.2 Å². The Bertz CT molecular complexity index is 1610. The normalized spacial score (nSPS) is 26.0. The highest BCUT2D eigenvalue weighted by molar-refractivity contribution is 6.16. The van der Waals surface area contributed by atoms with Gasteiger partial charge in [-0.05, 0) is 74.8 Å². The minimum atomic E-state index is -1.69. The van der Waals surface area contributed by atoms with Crippen molar-refractivity contribution in [2.75, 3.05) is 0 Å². The van der Waals surface area contributed by atoms with Gasteiger partial charge in [-0.2, -0.15) is 0 Å². The first-order valence-corrected chi connectivity index (χ1v) is 12.1. The number of ketones is 1. The Morgan fingerprint density at radius 1 is 1.03 bits per heavy atom. The molecule has 0 spiro atoms. The molecular formula is C29H26O7. The number of carbonyl (C=O) groups is 2. The van der Waals surface area contributed by atoms with Crippen molar-refractivity contribution in [3.63, 3.8) is 0 Å². The van der Waals surface area contributed by atoms with Gasteiger partial charge >= 0.3 is 11.6 Å². The summed E-state index contributed by atoms with van der Waals surface area (Å²) < 4.78 is 11.5. The number of hydrogen-bond acceptors (Lipinski definition) is 7. The Hall–Kier alpha value is -3.87. The zero-order valence-corrected chi connectivity index (χ0v) is 20.5. The first-order valence-electron chi connectivity index (χ1n) is 12.1. The number of esters is 1. The van der Waals surface area contributed by atoms with Crippen LogP contribution in [0.2, 0.25) is 0 Å². The van der Waals surface area contributed by atoms with E-state index in [2.05, 4.69) is 0 Å². The van der Waals surface area contributed by atoms with Gasteiger partial charge in [0.05, 0.1) is 0 Å². The first-order chi connectivity index (χ1) is 17.1. The van der Waals surface area contributed by atoms with Gasteiger partial charge in [0.25, 0.3) is 0 Å². The van der Waals surface area contributed by atoms with Gasteiger partial charge in [-0.15, -0.1) is 0 Å². The van der Waals surface area contributed by atoms with Gasteiger partial charge in [-0.1, -0.05) is 19.1 Å². The first kappa shape index (κ1) is 22.6. The molecule has 2 N–H and O–H groups in total. The molecule has 1 aliphatic heterocycles. The van der Waals surface area contributed by atoms with Crippen LogP contribution in [0.5, 0.6) is 17.2 Å². The number of Topliss-reactive ketones (excluding diaryl/α,β-unsaturated/α-hetero) is 1. The summed E-state index contributed by atoms with van der Waals surface area (Å²) in [5, 5.41) is 21.5. The lowest BCUT2D eigenvalue weighted by atomic mass is 9.51. The van der Waals surface area contributed by atoms with Crippen LogP contribution in [-0.4, -0.2) is 22.0 Å². The highest BCUT2D eigenvalue weighted by Gasteiger charge is 2.64. The van der Waals surface area contributed by atoms with Crippen molar-refractivity contribution in [2.45, 2.75) is 46.5 Å². The summed E-state index contributed by atoms with van der Waals surface area (Å²) in [5.74, 6) is -2.10. The summed E-state index contributed by atoms with van der Waals surface area (Å²) >= 11 is 0. The highest BCUT2D eigenvalue weighted by atomic mass is 16.5. The average Bonchev–Trinajstić information content (AvgIpc) is 2.84. The van der Waals surface area contributed by atoms with Gasteiger partial charge in [0.15, 0.2) is 5.78 Å². The zero-order chi connectivity index (χ0) is 25.7. The minimum absolute atomic E-state index is 0.0216. The van der Waals surface area contributed by atoms with E-state index in [9.17, 15) is 24.6 Å². The molecule has 7 heteroatoms. The van der Waals surface area contributed by atoms with E-state index in [0.717, 1.165) is 0 Å². The number of benzene rings is 2. The average molecular weight is 487 g/mol. The molecule has 3 aromatic rings. The number of phenolic OH excluding ortho intramolecular Hbond substituents is 2. The van der Waals surface area contributed by atoms with Crippen LogP contribution in [0.25, 0.3) is 11.0 Å². The lowest BCUT2D eigenvalue weighted by molar-refractivity contribution is -0.149. The summed E-state index contributed by atoms with van der Waals surface area (Å²) in [5.41, 5.74) is 0.530. The Labute approximate surface area is 207 Å². The molecule has 0 unspecified atom stereocenters. The van der Waals surface area contributed by atoms with E-state index in [0.29, 0.717) is 51.8 Å². The van der Waals surface area contributed by atoms with E-state index in [1.54, 1.807) is 33.8 Å². The van der Waals surface area contributed by atoms with Crippen LogP contribution in [-0.2, 0) is 11.2 Å². The van der Waals surface area contributed by atoms with Crippen molar-refractivity contribution in [3.05, 3.63) is 74.2 Å². The van der Waals surface area contributed by atoms with Gasteiger partial charge in [-0.25, -0.2) is 4.79 Å². The Morgan fingerprint density at radius 2 is 1.75 bits per heavy atom. The molecule has 0 amide bonds. The van der Waals surface area contributed by atoms with Gasteiger partial charge in [0, 0.05) is 28.0 Å². The molecule has 2 heterocycles. The maximum absolute atomic E-state index is 14.5. The van der Waals surface area contributed by atoms with Crippen molar-refractivity contribution >= 4 is 22.7 Å². The largest absolute Gasteiger partial charge is 0.508 e. The molecular weight excluding hydrogens is 460 g/mol. The molecule has 184 valence electrons. The molecule has 0 saturated carbocycles. The topological polar surface area (TPSA) is 114 Å². The standard InChI is InChI=1S/C29H26O7/c1-12-9-20(30)15(4)18-11-19(27(33)35-24(12)18)26(32)29-14(3)5-6-16-7-8-17-21(31)10-13(2)25(36-28(29)34)22(17)23(16)29/h5-6,9-11,14,16,23,30-31H,7-8H2,1-4H3/t14-,16-,23+,29+/m0/s1. The molecule has 0 fully saturated rings. The fourth-order valence-corrected chi connectivity index (χ4v) is 6.65. The van der Waals surface area contributed by atoms with Crippen molar-refractivity contribution < 1.29 is 29.0 Å². The van der Waals surface area contributed by atoms with E-state index in [-0.39, 0.29) is 28.6 Å². The quantitative estimate of drug-likeness (QED) is 0.134. The van der Waals surface area contributed by atoms with Crippen molar-refractivity contribution in [2.24, 2.45) is 17.3 Å². The maximum atomic E-state index is 14.5. The number of phenols is 2. The maximum Gasteiger partial charge on any atom is 0.347 e. The molecule has 1 aromatic heterocycles. The molecule has 36 heavy (non-hydrogen) atoms. The molecule has 3 aliphatic rings. The van der Waals surface area contributed by atoms with Crippen LogP contribution in [0.1, 0.15) is 57.4 Å². The van der Waals surface area contributed by atoms with E-state index >= 15 is 0 Å².